The number of hydrogen-bond donors (Lipinski definition) is 0. The van der Waals surface area contributed by atoms with Gasteiger partial charge in [-0.2, -0.15) is 0 Å². The molecule has 13 heavy (non-hydrogen) atoms. The van der Waals surface area contributed by atoms with E-state index in [2.05, 4.69) is 0 Å². The van der Waals surface area contributed by atoms with Crippen molar-refractivity contribution in [3.05, 3.63) is 35.0 Å². The molecule has 0 bridgehead atoms. The molecule has 66 valence electrons. The maximum absolute atomic E-state index is 5.32. The lowest BCUT2D eigenvalue weighted by Gasteiger charge is -2.01. The van der Waals surface area contributed by atoms with Gasteiger partial charge >= 0.3 is 7.69 Å². The van der Waals surface area contributed by atoms with E-state index in [1.165, 1.54) is 0 Å². The van der Waals surface area contributed by atoms with Gasteiger partial charge in [0.25, 0.3) is 0 Å². The Bertz CT molecular complexity index is 297. The summed E-state index contributed by atoms with van der Waals surface area (Å²) >= 11 is 3.12. The van der Waals surface area contributed by atoms with Gasteiger partial charge in [-0.1, -0.05) is 0 Å². The van der Waals surface area contributed by atoms with E-state index in [4.69, 9.17) is 9.31 Å². The topological polar surface area (TPSA) is 18.5 Å². The van der Waals surface area contributed by atoms with Crippen molar-refractivity contribution in [2.45, 2.75) is 0 Å². The molecule has 0 saturated heterocycles. The molecule has 0 aliphatic carbocycles. The van der Waals surface area contributed by atoms with Crippen molar-refractivity contribution >= 4 is 30.4 Å². The highest BCUT2D eigenvalue weighted by atomic mass is 32.1. The van der Waals surface area contributed by atoms with Gasteiger partial charge in [0, 0.05) is 0 Å². The van der Waals surface area contributed by atoms with Gasteiger partial charge in [0.05, 0.1) is 0 Å². The maximum atomic E-state index is 5.32. The molecule has 5 heteroatoms. The highest BCUT2D eigenvalue weighted by Crippen LogP contribution is 2.20. The average molecular weight is 210 g/mol. The summed E-state index contributed by atoms with van der Waals surface area (Å²) in [4.78, 5) is 0. The zero-order valence-corrected chi connectivity index (χ0v) is 8.44. The Balaban J connectivity index is 1.76. The van der Waals surface area contributed by atoms with Crippen LogP contribution in [0.3, 0.4) is 0 Å². The molecule has 0 aromatic carbocycles. The van der Waals surface area contributed by atoms with Gasteiger partial charge in [-0.15, -0.1) is 22.7 Å². The molecule has 0 unspecified atom stereocenters. The summed E-state index contributed by atoms with van der Waals surface area (Å²) in [5.41, 5.74) is 0. The fraction of sp³-hybridized carbons (Fsp3) is 0. The van der Waals surface area contributed by atoms with Crippen LogP contribution in [0.5, 0.6) is 10.1 Å². The van der Waals surface area contributed by atoms with Crippen LogP contribution in [0.15, 0.2) is 35.0 Å². The van der Waals surface area contributed by atoms with Crippen molar-refractivity contribution in [2.24, 2.45) is 0 Å². The first-order valence-corrected chi connectivity index (χ1v) is 5.54. The predicted molar refractivity (Wildman–Crippen MR) is 57.0 cm³/mol. The van der Waals surface area contributed by atoms with Crippen molar-refractivity contribution in [2.75, 3.05) is 0 Å². The van der Waals surface area contributed by atoms with E-state index < -0.39 is 0 Å². The lowest BCUT2D eigenvalue weighted by Crippen LogP contribution is -2.08. The molecule has 0 fully saturated rings. The van der Waals surface area contributed by atoms with Gasteiger partial charge in [0.1, 0.15) is 0 Å². The Morgan fingerprint density at radius 3 is 1.85 bits per heavy atom. The van der Waals surface area contributed by atoms with Crippen molar-refractivity contribution in [1.29, 1.82) is 0 Å². The van der Waals surface area contributed by atoms with Gasteiger partial charge in [-0.3, -0.25) is 0 Å². The Kier molecular flexibility index (Phi) is 2.89. The van der Waals surface area contributed by atoms with Crippen LogP contribution >= 0.6 is 22.7 Å². The van der Waals surface area contributed by atoms with E-state index in [9.17, 15) is 0 Å². The number of hydrogen-bond acceptors (Lipinski definition) is 4. The summed E-state index contributed by atoms with van der Waals surface area (Å²) in [6.07, 6.45) is 0. The first-order valence-electron chi connectivity index (χ1n) is 3.78. The summed E-state index contributed by atoms with van der Waals surface area (Å²) in [7, 11) is 0.279. The standard InChI is InChI=1S/C8H7BO2S2/c1-3-7(12-5-1)10-9-11-8-4-2-6-13-8/h1-6,9H. The molecule has 0 saturated carbocycles. The van der Waals surface area contributed by atoms with Crippen molar-refractivity contribution < 1.29 is 9.31 Å². The zero-order chi connectivity index (χ0) is 8.93. The second kappa shape index (κ2) is 4.34. The van der Waals surface area contributed by atoms with Crippen LogP contribution in [0.2, 0.25) is 0 Å². The van der Waals surface area contributed by atoms with E-state index in [-0.39, 0.29) is 7.69 Å². The average Bonchev–Trinajstić information content (AvgIpc) is 2.75. The van der Waals surface area contributed by atoms with Crippen LogP contribution in [-0.4, -0.2) is 7.69 Å². The lowest BCUT2D eigenvalue weighted by molar-refractivity contribution is 0.473. The fourth-order valence-electron chi connectivity index (χ4n) is 0.837. The molecule has 0 aliphatic rings. The Morgan fingerprint density at radius 1 is 0.923 bits per heavy atom. The molecule has 0 amide bonds. The SMILES string of the molecule is B(Oc1cccs1)Oc1cccs1. The third kappa shape index (κ3) is 2.50. The summed E-state index contributed by atoms with van der Waals surface area (Å²) in [5, 5.41) is 5.72. The largest absolute Gasteiger partial charge is 0.577 e. The van der Waals surface area contributed by atoms with Gasteiger partial charge < -0.3 is 9.31 Å². The predicted octanol–water partition coefficient (Wildman–Crippen LogP) is 2.53. The summed E-state index contributed by atoms with van der Waals surface area (Å²) in [6, 6.07) is 7.74. The van der Waals surface area contributed by atoms with Crippen LogP contribution in [-0.2, 0) is 0 Å². The summed E-state index contributed by atoms with van der Waals surface area (Å²) in [5.74, 6) is 0. The highest BCUT2D eigenvalue weighted by Gasteiger charge is 1.99. The van der Waals surface area contributed by atoms with E-state index >= 15 is 0 Å². The zero-order valence-electron chi connectivity index (χ0n) is 6.80. The van der Waals surface area contributed by atoms with Gasteiger partial charge in [0.2, 0.25) is 0 Å². The molecule has 0 N–H and O–H groups in total. The minimum absolute atomic E-state index is 0.279. The van der Waals surface area contributed by atoms with Gasteiger partial charge in [0.15, 0.2) is 10.1 Å². The van der Waals surface area contributed by atoms with Gasteiger partial charge in [-0.05, 0) is 35.0 Å². The van der Waals surface area contributed by atoms with E-state index in [0.717, 1.165) is 10.1 Å². The quantitative estimate of drug-likeness (QED) is 0.722. The minimum atomic E-state index is 0.279. The summed E-state index contributed by atoms with van der Waals surface area (Å²) in [6.45, 7) is 0. The van der Waals surface area contributed by atoms with Crippen LogP contribution in [0.1, 0.15) is 0 Å². The van der Waals surface area contributed by atoms with Crippen LogP contribution in [0.25, 0.3) is 0 Å². The van der Waals surface area contributed by atoms with Crippen molar-refractivity contribution in [3.8, 4) is 10.1 Å². The van der Waals surface area contributed by atoms with Crippen molar-refractivity contribution in [1.82, 2.24) is 0 Å². The Morgan fingerprint density at radius 2 is 1.46 bits per heavy atom. The third-order valence-corrected chi connectivity index (χ3v) is 2.95. The lowest BCUT2D eigenvalue weighted by atomic mass is 10.4. The maximum Gasteiger partial charge on any atom is 0.577 e. The second-order valence-corrected chi connectivity index (χ2v) is 4.09. The molecule has 0 atom stereocenters. The Labute approximate surface area is 85.1 Å². The van der Waals surface area contributed by atoms with Gasteiger partial charge in [-0.25, -0.2) is 0 Å². The van der Waals surface area contributed by atoms with E-state index in [1.54, 1.807) is 22.7 Å². The molecule has 2 rings (SSSR count). The monoisotopic (exact) mass is 210 g/mol. The normalized spacial score (nSPS) is 9.54. The Hall–Kier alpha value is -0.935. The molecular weight excluding hydrogens is 203 g/mol. The second-order valence-electron chi connectivity index (χ2n) is 2.27. The molecule has 2 aromatic rings. The number of thiophene rings is 2. The number of rotatable bonds is 4. The van der Waals surface area contributed by atoms with E-state index in [1.807, 2.05) is 35.0 Å². The molecule has 0 spiro atoms. The summed E-state index contributed by atoms with van der Waals surface area (Å²) < 4.78 is 10.6. The first kappa shape index (κ1) is 8.65. The smallest absolute Gasteiger partial charge is 0.521 e. The van der Waals surface area contributed by atoms with Crippen LogP contribution in [0.4, 0.5) is 0 Å². The molecule has 0 aliphatic heterocycles. The fourth-order valence-corrected chi connectivity index (χ4v) is 1.97. The molecule has 2 heterocycles. The molecule has 2 aromatic heterocycles. The van der Waals surface area contributed by atoms with Crippen LogP contribution < -0.4 is 9.31 Å². The minimum Gasteiger partial charge on any atom is -0.521 e. The highest BCUT2D eigenvalue weighted by molar-refractivity contribution is 7.12. The molecule has 2 nitrogen and oxygen atoms in total. The molecular formula is C8H7BO2S2. The van der Waals surface area contributed by atoms with Crippen molar-refractivity contribution in [3.63, 3.8) is 0 Å². The van der Waals surface area contributed by atoms with Crippen LogP contribution in [0, 0.1) is 0 Å². The molecule has 0 radical (unpaired) electrons. The first-order chi connectivity index (χ1) is 6.45. The van der Waals surface area contributed by atoms with E-state index in [0.29, 0.717) is 0 Å². The third-order valence-electron chi connectivity index (χ3n) is 1.39.